The van der Waals surface area contributed by atoms with Crippen LogP contribution in [0.2, 0.25) is 0 Å². The van der Waals surface area contributed by atoms with Gasteiger partial charge in [0.2, 0.25) is 5.95 Å². The number of amides is 1. The number of carbonyl (C=O) groups excluding carboxylic acids is 1. The first-order chi connectivity index (χ1) is 7.49. The standard InChI is InChI=1S/C11H16FN3O/c1-8(7-15(2)3)13-11(16)9-5-4-6-10(12)14-9/h4-6,8H,7H2,1-3H3,(H,13,16). The van der Waals surface area contributed by atoms with Gasteiger partial charge >= 0.3 is 0 Å². The molecule has 0 spiro atoms. The van der Waals surface area contributed by atoms with Gasteiger partial charge in [-0.25, -0.2) is 4.98 Å². The molecule has 16 heavy (non-hydrogen) atoms. The van der Waals surface area contributed by atoms with Crippen molar-refractivity contribution in [1.82, 2.24) is 15.2 Å². The average Bonchev–Trinajstić information content (AvgIpc) is 2.16. The van der Waals surface area contributed by atoms with Crippen LogP contribution in [-0.2, 0) is 0 Å². The van der Waals surface area contributed by atoms with E-state index in [9.17, 15) is 9.18 Å². The number of nitrogens with one attached hydrogen (secondary N) is 1. The van der Waals surface area contributed by atoms with E-state index in [4.69, 9.17) is 0 Å². The van der Waals surface area contributed by atoms with Gasteiger partial charge in [-0.05, 0) is 33.2 Å². The summed E-state index contributed by atoms with van der Waals surface area (Å²) in [6, 6.07) is 4.15. The fourth-order valence-corrected chi connectivity index (χ4v) is 1.43. The highest BCUT2D eigenvalue weighted by Crippen LogP contribution is 1.98. The molecule has 1 N–H and O–H groups in total. The van der Waals surface area contributed by atoms with Gasteiger partial charge in [-0.3, -0.25) is 4.79 Å². The van der Waals surface area contributed by atoms with E-state index in [1.54, 1.807) is 0 Å². The Bertz CT molecular complexity index is 368. The van der Waals surface area contributed by atoms with Crippen LogP contribution in [0.4, 0.5) is 4.39 Å². The minimum Gasteiger partial charge on any atom is -0.347 e. The predicted octanol–water partition coefficient (Wildman–Crippen LogP) is 0.901. The van der Waals surface area contributed by atoms with Crippen molar-refractivity contribution in [3.05, 3.63) is 29.8 Å². The molecule has 1 amide bonds. The van der Waals surface area contributed by atoms with E-state index in [-0.39, 0.29) is 17.6 Å². The number of aromatic nitrogens is 1. The summed E-state index contributed by atoms with van der Waals surface area (Å²) < 4.78 is 12.8. The van der Waals surface area contributed by atoms with Crippen LogP contribution in [0.25, 0.3) is 0 Å². The number of nitrogens with zero attached hydrogens (tertiary/aromatic N) is 2. The van der Waals surface area contributed by atoms with E-state index < -0.39 is 5.95 Å². The summed E-state index contributed by atoms with van der Waals surface area (Å²) in [4.78, 5) is 17.1. The second-order valence-electron chi connectivity index (χ2n) is 3.98. The Morgan fingerprint density at radius 3 is 2.81 bits per heavy atom. The number of hydrogen-bond acceptors (Lipinski definition) is 3. The van der Waals surface area contributed by atoms with Crippen molar-refractivity contribution in [2.75, 3.05) is 20.6 Å². The summed E-state index contributed by atoms with van der Waals surface area (Å²) in [6.45, 7) is 2.61. The summed E-state index contributed by atoms with van der Waals surface area (Å²) >= 11 is 0. The topological polar surface area (TPSA) is 45.2 Å². The van der Waals surface area contributed by atoms with Crippen LogP contribution >= 0.6 is 0 Å². The first-order valence-corrected chi connectivity index (χ1v) is 5.07. The molecule has 1 aromatic rings. The van der Waals surface area contributed by atoms with Gasteiger partial charge in [-0.1, -0.05) is 6.07 Å². The number of halogens is 1. The van der Waals surface area contributed by atoms with E-state index in [0.29, 0.717) is 0 Å². The van der Waals surface area contributed by atoms with Crippen molar-refractivity contribution >= 4 is 5.91 Å². The second-order valence-corrected chi connectivity index (χ2v) is 3.98. The van der Waals surface area contributed by atoms with Gasteiger partial charge in [0, 0.05) is 12.6 Å². The quantitative estimate of drug-likeness (QED) is 0.774. The van der Waals surface area contributed by atoms with E-state index in [1.807, 2.05) is 25.9 Å². The molecule has 1 aromatic heterocycles. The first-order valence-electron chi connectivity index (χ1n) is 5.07. The van der Waals surface area contributed by atoms with E-state index in [1.165, 1.54) is 18.2 Å². The molecule has 0 aliphatic carbocycles. The van der Waals surface area contributed by atoms with Crippen molar-refractivity contribution in [2.45, 2.75) is 13.0 Å². The highest BCUT2D eigenvalue weighted by Gasteiger charge is 2.11. The molecule has 1 rings (SSSR count). The Morgan fingerprint density at radius 2 is 2.25 bits per heavy atom. The lowest BCUT2D eigenvalue weighted by molar-refractivity contribution is 0.0928. The molecule has 0 fully saturated rings. The minimum atomic E-state index is -0.645. The van der Waals surface area contributed by atoms with E-state index in [2.05, 4.69) is 10.3 Å². The summed E-state index contributed by atoms with van der Waals surface area (Å²) in [7, 11) is 3.84. The van der Waals surface area contributed by atoms with Gasteiger partial charge in [-0.15, -0.1) is 0 Å². The molecule has 0 aliphatic rings. The van der Waals surface area contributed by atoms with Crippen molar-refractivity contribution in [1.29, 1.82) is 0 Å². The molecular weight excluding hydrogens is 209 g/mol. The molecule has 0 saturated carbocycles. The summed E-state index contributed by atoms with van der Waals surface area (Å²) in [5, 5.41) is 2.74. The zero-order chi connectivity index (χ0) is 12.1. The number of pyridine rings is 1. The van der Waals surface area contributed by atoms with E-state index in [0.717, 1.165) is 6.54 Å². The zero-order valence-electron chi connectivity index (χ0n) is 9.70. The lowest BCUT2D eigenvalue weighted by atomic mass is 10.3. The summed E-state index contributed by atoms with van der Waals surface area (Å²) in [5.41, 5.74) is 0.102. The molecule has 1 atom stereocenters. The Balaban J connectivity index is 2.59. The SMILES string of the molecule is CC(CN(C)C)NC(=O)c1cccc(F)n1. The third-order valence-corrected chi connectivity index (χ3v) is 1.96. The molecule has 0 aromatic carbocycles. The van der Waals surface area contributed by atoms with Crippen molar-refractivity contribution in [3.63, 3.8) is 0 Å². The fourth-order valence-electron chi connectivity index (χ4n) is 1.43. The molecule has 0 aliphatic heterocycles. The average molecular weight is 225 g/mol. The van der Waals surface area contributed by atoms with Gasteiger partial charge in [0.05, 0.1) is 0 Å². The third kappa shape index (κ3) is 3.94. The summed E-state index contributed by atoms with van der Waals surface area (Å²) in [5.74, 6) is -0.998. The maximum Gasteiger partial charge on any atom is 0.270 e. The van der Waals surface area contributed by atoms with Crippen LogP contribution in [0.1, 0.15) is 17.4 Å². The lowest BCUT2D eigenvalue weighted by Crippen LogP contribution is -2.39. The van der Waals surface area contributed by atoms with Crippen LogP contribution in [0, 0.1) is 5.95 Å². The van der Waals surface area contributed by atoms with Crippen LogP contribution in [0.3, 0.4) is 0 Å². The minimum absolute atomic E-state index is 0.00688. The van der Waals surface area contributed by atoms with E-state index >= 15 is 0 Å². The van der Waals surface area contributed by atoms with Crippen LogP contribution in [0.15, 0.2) is 18.2 Å². The highest BCUT2D eigenvalue weighted by molar-refractivity contribution is 5.92. The monoisotopic (exact) mass is 225 g/mol. The molecule has 0 saturated heterocycles. The normalized spacial score (nSPS) is 12.6. The van der Waals surface area contributed by atoms with Crippen LogP contribution in [0.5, 0.6) is 0 Å². The molecule has 0 radical (unpaired) electrons. The Morgan fingerprint density at radius 1 is 1.56 bits per heavy atom. The largest absolute Gasteiger partial charge is 0.347 e. The van der Waals surface area contributed by atoms with Gasteiger partial charge in [0.25, 0.3) is 5.91 Å². The Labute approximate surface area is 94.5 Å². The van der Waals surface area contributed by atoms with Crippen LogP contribution in [-0.4, -0.2) is 42.5 Å². The molecule has 88 valence electrons. The highest BCUT2D eigenvalue weighted by atomic mass is 19.1. The Kier molecular flexibility index (Phi) is 4.37. The Hall–Kier alpha value is -1.49. The number of carbonyl (C=O) groups is 1. The van der Waals surface area contributed by atoms with Gasteiger partial charge in [-0.2, -0.15) is 4.39 Å². The number of hydrogen-bond donors (Lipinski definition) is 1. The molecule has 1 unspecified atom stereocenters. The number of likely N-dealkylation sites (N-methyl/N-ethyl adjacent to an activating group) is 1. The fraction of sp³-hybridized carbons (Fsp3) is 0.455. The van der Waals surface area contributed by atoms with Gasteiger partial charge in [0.15, 0.2) is 0 Å². The zero-order valence-corrected chi connectivity index (χ0v) is 9.70. The molecule has 1 heterocycles. The summed E-state index contributed by atoms with van der Waals surface area (Å²) in [6.07, 6.45) is 0. The van der Waals surface area contributed by atoms with Gasteiger partial charge < -0.3 is 10.2 Å². The lowest BCUT2D eigenvalue weighted by Gasteiger charge is -2.17. The van der Waals surface area contributed by atoms with Crippen molar-refractivity contribution < 1.29 is 9.18 Å². The first kappa shape index (κ1) is 12.6. The molecule has 5 heteroatoms. The van der Waals surface area contributed by atoms with Crippen LogP contribution < -0.4 is 5.32 Å². The molecule has 0 bridgehead atoms. The number of rotatable bonds is 4. The predicted molar refractivity (Wildman–Crippen MR) is 59.7 cm³/mol. The maximum absolute atomic E-state index is 12.8. The maximum atomic E-state index is 12.8. The second kappa shape index (κ2) is 5.55. The van der Waals surface area contributed by atoms with Crippen molar-refractivity contribution in [3.8, 4) is 0 Å². The van der Waals surface area contributed by atoms with Gasteiger partial charge in [0.1, 0.15) is 5.69 Å². The molecule has 4 nitrogen and oxygen atoms in total. The van der Waals surface area contributed by atoms with Crippen molar-refractivity contribution in [2.24, 2.45) is 0 Å². The molecular formula is C11H16FN3O. The third-order valence-electron chi connectivity index (χ3n) is 1.96. The smallest absolute Gasteiger partial charge is 0.270 e.